The van der Waals surface area contributed by atoms with E-state index in [4.69, 9.17) is 4.74 Å². The Morgan fingerprint density at radius 2 is 2.41 bits per heavy atom. The average Bonchev–Trinajstić information content (AvgIpc) is 2.97. The molecule has 1 aliphatic rings. The fourth-order valence-corrected chi connectivity index (χ4v) is 2.51. The average molecular weight is 247 g/mol. The van der Waals surface area contributed by atoms with Gasteiger partial charge in [0, 0.05) is 6.42 Å². The van der Waals surface area contributed by atoms with Crippen LogP contribution in [0.15, 0.2) is 23.7 Å². The Bertz CT molecular complexity index is 512. The standard InChI is InChI=1S/C12H13N3OS/c1-8(14-12-15-13-7-17-12)9-2-3-11-10(6-9)4-5-16-11/h2-3,6-8H,4-5H2,1H3,(H,14,15). The number of ether oxygens (including phenoxy) is 1. The quantitative estimate of drug-likeness (QED) is 0.905. The number of benzene rings is 1. The number of fused-ring (bicyclic) bond motifs is 1. The summed E-state index contributed by atoms with van der Waals surface area (Å²) in [5, 5.41) is 12.0. The monoisotopic (exact) mass is 247 g/mol. The Hall–Kier alpha value is -1.62. The van der Waals surface area contributed by atoms with Crippen LogP contribution in [-0.2, 0) is 6.42 Å². The number of anilines is 1. The SMILES string of the molecule is CC(Nc1nncs1)c1ccc2c(c1)CCO2. The van der Waals surface area contributed by atoms with Crippen molar-refractivity contribution >= 4 is 16.5 Å². The molecule has 0 aliphatic carbocycles. The topological polar surface area (TPSA) is 47.0 Å². The van der Waals surface area contributed by atoms with Gasteiger partial charge < -0.3 is 10.1 Å². The maximum Gasteiger partial charge on any atom is 0.205 e. The van der Waals surface area contributed by atoms with E-state index in [1.54, 1.807) is 5.51 Å². The van der Waals surface area contributed by atoms with Crippen LogP contribution in [-0.4, -0.2) is 16.8 Å². The molecule has 0 fully saturated rings. The van der Waals surface area contributed by atoms with E-state index in [0.717, 1.165) is 23.9 Å². The van der Waals surface area contributed by atoms with E-state index in [-0.39, 0.29) is 6.04 Å². The predicted molar refractivity (Wildman–Crippen MR) is 67.6 cm³/mol. The van der Waals surface area contributed by atoms with Gasteiger partial charge in [-0.2, -0.15) is 0 Å². The fourth-order valence-electron chi connectivity index (χ4n) is 1.98. The van der Waals surface area contributed by atoms with E-state index < -0.39 is 0 Å². The maximum absolute atomic E-state index is 5.50. The zero-order valence-corrected chi connectivity index (χ0v) is 10.3. The van der Waals surface area contributed by atoms with Crippen molar-refractivity contribution in [1.29, 1.82) is 0 Å². The van der Waals surface area contributed by atoms with Crippen molar-refractivity contribution in [2.45, 2.75) is 19.4 Å². The molecule has 17 heavy (non-hydrogen) atoms. The van der Waals surface area contributed by atoms with E-state index >= 15 is 0 Å². The minimum Gasteiger partial charge on any atom is -0.493 e. The molecule has 0 spiro atoms. The van der Waals surface area contributed by atoms with Crippen LogP contribution < -0.4 is 10.1 Å². The van der Waals surface area contributed by atoms with Gasteiger partial charge in [0.15, 0.2) is 0 Å². The minimum absolute atomic E-state index is 0.230. The summed E-state index contributed by atoms with van der Waals surface area (Å²) in [6.07, 6.45) is 1.01. The molecule has 1 aromatic heterocycles. The highest BCUT2D eigenvalue weighted by molar-refractivity contribution is 7.13. The Kier molecular flexibility index (Phi) is 2.68. The van der Waals surface area contributed by atoms with Crippen molar-refractivity contribution in [3.05, 3.63) is 34.8 Å². The third-order valence-electron chi connectivity index (χ3n) is 2.91. The molecule has 1 aliphatic heterocycles. The van der Waals surface area contributed by atoms with E-state index in [0.29, 0.717) is 0 Å². The van der Waals surface area contributed by atoms with Gasteiger partial charge in [0.05, 0.1) is 12.6 Å². The highest BCUT2D eigenvalue weighted by Gasteiger charge is 2.14. The summed E-state index contributed by atoms with van der Waals surface area (Å²) in [6.45, 7) is 2.93. The van der Waals surface area contributed by atoms with Gasteiger partial charge in [0.2, 0.25) is 5.13 Å². The molecular weight excluding hydrogens is 234 g/mol. The lowest BCUT2D eigenvalue weighted by Gasteiger charge is -2.13. The zero-order valence-electron chi connectivity index (χ0n) is 9.51. The molecule has 88 valence electrons. The number of aromatic nitrogens is 2. The molecule has 0 radical (unpaired) electrons. The summed E-state index contributed by atoms with van der Waals surface area (Å²) in [5.41, 5.74) is 4.28. The molecule has 5 heteroatoms. The summed E-state index contributed by atoms with van der Waals surface area (Å²) < 4.78 is 5.50. The van der Waals surface area contributed by atoms with Gasteiger partial charge in [-0.3, -0.25) is 0 Å². The summed E-state index contributed by atoms with van der Waals surface area (Å²) in [4.78, 5) is 0. The number of nitrogens with zero attached hydrogens (tertiary/aromatic N) is 2. The van der Waals surface area contributed by atoms with Crippen molar-refractivity contribution in [3.8, 4) is 5.75 Å². The van der Waals surface area contributed by atoms with Gasteiger partial charge in [0.25, 0.3) is 0 Å². The Morgan fingerprint density at radius 1 is 1.47 bits per heavy atom. The van der Waals surface area contributed by atoms with Gasteiger partial charge in [-0.15, -0.1) is 10.2 Å². The van der Waals surface area contributed by atoms with Gasteiger partial charge in [0.1, 0.15) is 11.3 Å². The van der Waals surface area contributed by atoms with Gasteiger partial charge in [-0.05, 0) is 30.2 Å². The van der Waals surface area contributed by atoms with Crippen LogP contribution in [0.4, 0.5) is 5.13 Å². The second kappa shape index (κ2) is 4.33. The molecule has 1 aromatic carbocycles. The zero-order chi connectivity index (χ0) is 11.7. The first-order valence-electron chi connectivity index (χ1n) is 5.61. The summed E-state index contributed by atoms with van der Waals surface area (Å²) >= 11 is 1.51. The second-order valence-corrected chi connectivity index (χ2v) is 4.91. The predicted octanol–water partition coefficient (Wildman–Crippen LogP) is 2.65. The van der Waals surface area contributed by atoms with Crippen LogP contribution in [0.3, 0.4) is 0 Å². The van der Waals surface area contributed by atoms with Crippen LogP contribution in [0.25, 0.3) is 0 Å². The lowest BCUT2D eigenvalue weighted by atomic mass is 10.0. The molecule has 1 atom stereocenters. The highest BCUT2D eigenvalue weighted by Crippen LogP contribution is 2.29. The lowest BCUT2D eigenvalue weighted by molar-refractivity contribution is 0.357. The van der Waals surface area contributed by atoms with E-state index in [2.05, 4.69) is 40.6 Å². The number of hydrogen-bond acceptors (Lipinski definition) is 5. The van der Waals surface area contributed by atoms with Crippen molar-refractivity contribution in [3.63, 3.8) is 0 Å². The molecule has 0 saturated heterocycles. The largest absolute Gasteiger partial charge is 0.493 e. The molecule has 0 amide bonds. The molecular formula is C12H13N3OS. The Morgan fingerprint density at radius 3 is 3.24 bits per heavy atom. The Balaban J connectivity index is 1.79. The van der Waals surface area contributed by atoms with E-state index in [1.807, 2.05) is 0 Å². The first kappa shape index (κ1) is 10.5. The van der Waals surface area contributed by atoms with Crippen LogP contribution in [0.1, 0.15) is 24.1 Å². The van der Waals surface area contributed by atoms with Crippen molar-refractivity contribution in [1.82, 2.24) is 10.2 Å². The van der Waals surface area contributed by atoms with Crippen LogP contribution in [0.5, 0.6) is 5.75 Å². The van der Waals surface area contributed by atoms with Crippen molar-refractivity contribution < 1.29 is 4.74 Å². The maximum atomic E-state index is 5.50. The third kappa shape index (κ3) is 2.10. The molecule has 0 bridgehead atoms. The molecule has 1 N–H and O–H groups in total. The smallest absolute Gasteiger partial charge is 0.205 e. The Labute approximate surface area is 104 Å². The first-order chi connectivity index (χ1) is 8.33. The molecule has 2 heterocycles. The molecule has 0 saturated carbocycles. The third-order valence-corrected chi connectivity index (χ3v) is 3.54. The van der Waals surface area contributed by atoms with Crippen LogP contribution in [0.2, 0.25) is 0 Å². The lowest BCUT2D eigenvalue weighted by Crippen LogP contribution is -2.06. The van der Waals surface area contributed by atoms with Gasteiger partial charge in [-0.25, -0.2) is 0 Å². The minimum atomic E-state index is 0.230. The fraction of sp³-hybridized carbons (Fsp3) is 0.333. The van der Waals surface area contributed by atoms with E-state index in [1.165, 1.54) is 22.5 Å². The van der Waals surface area contributed by atoms with Crippen molar-refractivity contribution in [2.75, 3.05) is 11.9 Å². The molecule has 3 rings (SSSR count). The summed E-state index contributed by atoms with van der Waals surface area (Å²) in [5.74, 6) is 1.02. The highest BCUT2D eigenvalue weighted by atomic mass is 32.1. The van der Waals surface area contributed by atoms with E-state index in [9.17, 15) is 0 Å². The van der Waals surface area contributed by atoms with Gasteiger partial charge in [-0.1, -0.05) is 17.4 Å². The first-order valence-corrected chi connectivity index (χ1v) is 6.49. The van der Waals surface area contributed by atoms with Gasteiger partial charge >= 0.3 is 0 Å². The summed E-state index contributed by atoms with van der Waals surface area (Å²) in [7, 11) is 0. The number of rotatable bonds is 3. The number of hydrogen-bond donors (Lipinski definition) is 1. The second-order valence-electron chi connectivity index (χ2n) is 4.08. The van der Waals surface area contributed by atoms with Crippen molar-refractivity contribution in [2.24, 2.45) is 0 Å². The molecule has 4 nitrogen and oxygen atoms in total. The number of nitrogens with one attached hydrogen (secondary N) is 1. The normalized spacial score (nSPS) is 15.1. The summed E-state index contributed by atoms with van der Waals surface area (Å²) in [6, 6.07) is 6.59. The molecule has 1 unspecified atom stereocenters. The van der Waals surface area contributed by atoms with Crippen LogP contribution in [0, 0.1) is 0 Å². The molecule has 2 aromatic rings. The van der Waals surface area contributed by atoms with Crippen LogP contribution >= 0.6 is 11.3 Å².